The van der Waals surface area contributed by atoms with Crippen LogP contribution in [0.2, 0.25) is 5.02 Å². The number of aromatic nitrogens is 3. The number of anilines is 2. The van der Waals surface area contributed by atoms with Gasteiger partial charge >= 0.3 is 0 Å². The van der Waals surface area contributed by atoms with E-state index in [-0.39, 0.29) is 5.69 Å². The second-order valence-electron chi connectivity index (χ2n) is 8.28. The van der Waals surface area contributed by atoms with Gasteiger partial charge in [-0.2, -0.15) is 9.61 Å². The van der Waals surface area contributed by atoms with Crippen molar-refractivity contribution in [2.75, 3.05) is 10.0 Å². The molecule has 7 nitrogen and oxygen atoms in total. The predicted molar refractivity (Wildman–Crippen MR) is 143 cm³/mol. The summed E-state index contributed by atoms with van der Waals surface area (Å²) in [6.07, 6.45) is 1.71. The van der Waals surface area contributed by atoms with Crippen molar-refractivity contribution in [3.05, 3.63) is 101 Å². The van der Waals surface area contributed by atoms with Crippen LogP contribution >= 0.6 is 11.6 Å². The summed E-state index contributed by atoms with van der Waals surface area (Å²) >= 11 is 6.40. The van der Waals surface area contributed by atoms with Gasteiger partial charge in [0.1, 0.15) is 25.3 Å². The normalized spacial score (nSPS) is 11.5. The summed E-state index contributed by atoms with van der Waals surface area (Å²) in [7, 11) is -2.57. The van der Waals surface area contributed by atoms with E-state index in [4.69, 9.17) is 16.6 Å². The minimum Gasteiger partial charge on any atom is -0.366 e. The van der Waals surface area contributed by atoms with Gasteiger partial charge in [-0.15, -0.1) is 0 Å². The van der Waals surface area contributed by atoms with Crippen LogP contribution in [0.4, 0.5) is 20.3 Å². The Labute approximate surface area is 217 Å². The Morgan fingerprint density at radius 1 is 0.973 bits per heavy atom. The molecule has 0 unspecified atom stereocenters. The van der Waals surface area contributed by atoms with E-state index in [0.29, 0.717) is 34.3 Å². The average molecular weight is 538 g/mol. The summed E-state index contributed by atoms with van der Waals surface area (Å²) in [5.41, 5.74) is 3.85. The van der Waals surface area contributed by atoms with Crippen molar-refractivity contribution in [3.8, 4) is 11.3 Å². The van der Waals surface area contributed by atoms with E-state index >= 15 is 0 Å². The van der Waals surface area contributed by atoms with Crippen molar-refractivity contribution in [2.45, 2.75) is 11.4 Å². The fourth-order valence-corrected chi connectivity index (χ4v) is 5.31. The van der Waals surface area contributed by atoms with E-state index in [1.165, 1.54) is 6.07 Å². The van der Waals surface area contributed by atoms with Crippen LogP contribution in [0, 0.1) is 11.6 Å². The van der Waals surface area contributed by atoms with Crippen molar-refractivity contribution in [1.29, 1.82) is 0 Å². The van der Waals surface area contributed by atoms with Crippen molar-refractivity contribution in [2.24, 2.45) is 0 Å². The molecule has 2 N–H and O–H groups in total. The van der Waals surface area contributed by atoms with E-state index in [2.05, 4.69) is 15.1 Å². The Balaban J connectivity index is 1.42. The third-order valence-electron chi connectivity index (χ3n) is 5.64. The maximum atomic E-state index is 14.1. The number of rotatable bonds is 7. The summed E-state index contributed by atoms with van der Waals surface area (Å²) in [5, 5.41) is 8.27. The summed E-state index contributed by atoms with van der Waals surface area (Å²) in [4.78, 5) is 3.69. The average Bonchev–Trinajstić information content (AvgIpc) is 3.23. The number of fused-ring (bicyclic) bond motifs is 1. The first-order valence-corrected chi connectivity index (χ1v) is 13.0. The minimum absolute atomic E-state index is 0.161. The molecule has 12 heteroatoms. The highest BCUT2D eigenvalue weighted by molar-refractivity contribution is 7.92. The van der Waals surface area contributed by atoms with Crippen molar-refractivity contribution in [1.82, 2.24) is 14.6 Å². The lowest BCUT2D eigenvalue weighted by molar-refractivity contribution is 0.521. The topological polar surface area (TPSA) is 88.4 Å². The quantitative estimate of drug-likeness (QED) is 0.307. The number of hydrogen-bond acceptors (Lipinski definition) is 5. The predicted octanol–water partition coefficient (Wildman–Crippen LogP) is 4.00. The zero-order chi connectivity index (χ0) is 26.2. The molecule has 0 aliphatic rings. The molecule has 2 aromatic heterocycles. The molecule has 0 fully saturated rings. The molecular formula is C25H19BClF2N5O2S. The van der Waals surface area contributed by atoms with Gasteiger partial charge in [0.05, 0.1) is 5.69 Å². The SMILES string of the molecule is Bc1cnn2c(NCc3cccc(NS(=O)(=O)c4c(F)cccc4F)c3)cc(-c3ccccc3Cl)nc12. The number of nitrogens with zero attached hydrogens (tertiary/aromatic N) is 3. The molecule has 0 atom stereocenters. The van der Waals surface area contributed by atoms with Crippen LogP contribution in [0.1, 0.15) is 5.56 Å². The molecule has 186 valence electrons. The second-order valence-corrected chi connectivity index (χ2v) is 10.3. The van der Waals surface area contributed by atoms with Gasteiger partial charge in [-0.1, -0.05) is 48.0 Å². The number of hydrogen-bond donors (Lipinski definition) is 2. The standard InChI is InChI=1S/C25H19BClF2N5O2S/c26-18-14-31-34-23(12-22(32-25(18)34)17-7-1-2-8-19(17)27)30-13-15-5-3-6-16(11-15)33-37(35,36)24-20(28)9-4-10-21(24)29/h1-12,14,30,33H,13,26H2. The Bertz CT molecular complexity index is 1730. The Morgan fingerprint density at radius 3 is 2.46 bits per heavy atom. The highest BCUT2D eigenvalue weighted by Gasteiger charge is 2.24. The molecule has 0 saturated carbocycles. The molecule has 3 aromatic carbocycles. The third kappa shape index (κ3) is 5.00. The van der Waals surface area contributed by atoms with E-state index in [1.54, 1.807) is 35.0 Å². The molecule has 0 aliphatic carbocycles. The Hall–Kier alpha value is -3.96. The zero-order valence-corrected chi connectivity index (χ0v) is 21.0. The molecule has 37 heavy (non-hydrogen) atoms. The van der Waals surface area contributed by atoms with Gasteiger partial charge < -0.3 is 5.32 Å². The zero-order valence-electron chi connectivity index (χ0n) is 19.4. The monoisotopic (exact) mass is 537 g/mol. The molecule has 0 saturated heterocycles. The molecule has 5 rings (SSSR count). The molecule has 0 bridgehead atoms. The second kappa shape index (κ2) is 9.83. The Morgan fingerprint density at radius 2 is 1.70 bits per heavy atom. The first kappa shape index (κ1) is 24.7. The summed E-state index contributed by atoms with van der Waals surface area (Å²) in [6, 6.07) is 18.6. The molecule has 0 radical (unpaired) electrons. The first-order chi connectivity index (χ1) is 17.7. The van der Waals surface area contributed by atoms with Gasteiger partial charge in [0.2, 0.25) is 0 Å². The van der Waals surface area contributed by atoms with Gasteiger partial charge in [0, 0.05) is 35.1 Å². The number of halogens is 3. The van der Waals surface area contributed by atoms with Gasteiger partial charge in [-0.05, 0) is 41.4 Å². The maximum Gasteiger partial charge on any atom is 0.267 e. The Kier molecular flexibility index (Phi) is 6.57. The van der Waals surface area contributed by atoms with E-state index in [0.717, 1.165) is 29.2 Å². The van der Waals surface area contributed by atoms with Gasteiger partial charge in [-0.25, -0.2) is 22.2 Å². The molecule has 5 aromatic rings. The van der Waals surface area contributed by atoms with Crippen LogP contribution in [-0.4, -0.2) is 30.9 Å². The lowest BCUT2D eigenvalue weighted by atomic mass is 10.0. The number of sulfonamides is 1. The van der Waals surface area contributed by atoms with Gasteiger partial charge in [0.25, 0.3) is 10.0 Å². The van der Waals surface area contributed by atoms with Crippen LogP contribution in [0.5, 0.6) is 0 Å². The van der Waals surface area contributed by atoms with E-state index in [9.17, 15) is 17.2 Å². The van der Waals surface area contributed by atoms with E-state index in [1.807, 2.05) is 32.1 Å². The highest BCUT2D eigenvalue weighted by atomic mass is 35.5. The first-order valence-electron chi connectivity index (χ1n) is 11.1. The lowest BCUT2D eigenvalue weighted by Crippen LogP contribution is -2.16. The number of benzene rings is 3. The number of nitrogens with one attached hydrogen (secondary N) is 2. The van der Waals surface area contributed by atoms with Gasteiger partial charge in [-0.3, -0.25) is 4.72 Å². The van der Waals surface area contributed by atoms with Gasteiger partial charge in [0.15, 0.2) is 10.5 Å². The van der Waals surface area contributed by atoms with Crippen LogP contribution in [0.15, 0.2) is 83.9 Å². The maximum absolute atomic E-state index is 14.1. The lowest BCUT2D eigenvalue weighted by Gasteiger charge is -2.13. The fourth-order valence-electron chi connectivity index (χ4n) is 3.89. The summed E-state index contributed by atoms with van der Waals surface area (Å²) in [6.45, 7) is 0.295. The van der Waals surface area contributed by atoms with Crippen LogP contribution in [0.3, 0.4) is 0 Å². The minimum atomic E-state index is -4.48. The molecule has 0 amide bonds. The van der Waals surface area contributed by atoms with E-state index < -0.39 is 26.6 Å². The smallest absolute Gasteiger partial charge is 0.267 e. The third-order valence-corrected chi connectivity index (χ3v) is 7.40. The molecule has 2 heterocycles. The fraction of sp³-hybridized carbons (Fsp3) is 0.0400. The highest BCUT2D eigenvalue weighted by Crippen LogP contribution is 2.28. The molecule has 0 spiro atoms. The van der Waals surface area contributed by atoms with Crippen LogP contribution in [-0.2, 0) is 16.6 Å². The molecule has 0 aliphatic heterocycles. The largest absolute Gasteiger partial charge is 0.366 e. The van der Waals surface area contributed by atoms with Crippen LogP contribution in [0.25, 0.3) is 16.9 Å². The van der Waals surface area contributed by atoms with Crippen molar-refractivity contribution >= 4 is 52.1 Å². The van der Waals surface area contributed by atoms with Crippen molar-refractivity contribution in [3.63, 3.8) is 0 Å². The molecular weight excluding hydrogens is 519 g/mol. The van der Waals surface area contributed by atoms with Crippen molar-refractivity contribution < 1.29 is 17.2 Å². The summed E-state index contributed by atoms with van der Waals surface area (Å²) in [5.74, 6) is -1.70. The summed E-state index contributed by atoms with van der Waals surface area (Å²) < 4.78 is 57.3. The van der Waals surface area contributed by atoms with Crippen LogP contribution < -0.4 is 15.5 Å².